The molecule has 0 amide bonds. The van der Waals surface area contributed by atoms with Crippen molar-refractivity contribution in [2.24, 2.45) is 0 Å². The maximum Gasteiger partial charge on any atom is 0.119 e. The number of nitrogens with zero attached hydrogens (tertiary/aromatic N) is 2. The molecule has 0 aliphatic carbocycles. The number of hydrogen-bond acceptors (Lipinski definition) is 2. The highest BCUT2D eigenvalue weighted by atomic mass is 79.9. The Bertz CT molecular complexity index is 689. The lowest BCUT2D eigenvalue weighted by Gasteiger charge is -2.06. The topological polar surface area (TPSA) is 27.1 Å². The SMILES string of the molecule is COc1ccc(-n2cc(Br)c3ncccc32)cc1. The van der Waals surface area contributed by atoms with Crippen molar-refractivity contribution >= 4 is 27.0 Å². The van der Waals surface area contributed by atoms with E-state index in [1.54, 1.807) is 13.3 Å². The molecule has 0 atom stereocenters. The molecule has 0 saturated carbocycles. The Morgan fingerprint density at radius 3 is 2.67 bits per heavy atom. The van der Waals surface area contributed by atoms with Gasteiger partial charge in [0.15, 0.2) is 0 Å². The first kappa shape index (κ1) is 11.3. The van der Waals surface area contributed by atoms with Crippen LogP contribution in [-0.2, 0) is 0 Å². The molecule has 0 fully saturated rings. The Morgan fingerprint density at radius 1 is 1.17 bits per heavy atom. The molecule has 0 spiro atoms. The lowest BCUT2D eigenvalue weighted by molar-refractivity contribution is 0.415. The van der Waals surface area contributed by atoms with E-state index in [9.17, 15) is 0 Å². The number of halogens is 1. The van der Waals surface area contributed by atoms with Crippen LogP contribution in [-0.4, -0.2) is 16.7 Å². The number of hydrogen-bond donors (Lipinski definition) is 0. The van der Waals surface area contributed by atoms with Gasteiger partial charge in [0.2, 0.25) is 0 Å². The van der Waals surface area contributed by atoms with Gasteiger partial charge in [0.1, 0.15) is 11.3 Å². The van der Waals surface area contributed by atoms with Crippen LogP contribution in [0, 0.1) is 0 Å². The molecule has 2 heterocycles. The van der Waals surface area contributed by atoms with Crippen LogP contribution in [0.1, 0.15) is 0 Å². The summed E-state index contributed by atoms with van der Waals surface area (Å²) in [5.74, 6) is 0.854. The van der Waals surface area contributed by atoms with Crippen LogP contribution in [0.3, 0.4) is 0 Å². The first-order chi connectivity index (χ1) is 8.79. The highest BCUT2D eigenvalue weighted by Crippen LogP contribution is 2.27. The zero-order valence-corrected chi connectivity index (χ0v) is 11.4. The van der Waals surface area contributed by atoms with Gasteiger partial charge in [-0.15, -0.1) is 0 Å². The number of ether oxygens (including phenoxy) is 1. The van der Waals surface area contributed by atoms with Crippen LogP contribution >= 0.6 is 15.9 Å². The maximum atomic E-state index is 5.17. The zero-order valence-electron chi connectivity index (χ0n) is 9.80. The van der Waals surface area contributed by atoms with Crippen LogP contribution in [0.5, 0.6) is 5.75 Å². The standard InChI is InChI=1S/C14H11BrN2O/c1-18-11-6-4-10(5-7-11)17-9-12(15)14-13(17)3-2-8-16-14/h2-9H,1H3. The van der Waals surface area contributed by atoms with Crippen molar-refractivity contribution in [3.05, 3.63) is 53.3 Å². The van der Waals surface area contributed by atoms with Gasteiger partial charge in [0, 0.05) is 18.1 Å². The quantitative estimate of drug-likeness (QED) is 0.720. The number of fused-ring (bicyclic) bond motifs is 1. The third-order valence-electron chi connectivity index (χ3n) is 2.87. The molecule has 3 aromatic rings. The van der Waals surface area contributed by atoms with Crippen LogP contribution < -0.4 is 4.74 Å². The van der Waals surface area contributed by atoms with Crippen molar-refractivity contribution in [2.45, 2.75) is 0 Å². The van der Waals surface area contributed by atoms with Crippen LogP contribution in [0.25, 0.3) is 16.7 Å². The first-order valence-corrected chi connectivity index (χ1v) is 6.35. The largest absolute Gasteiger partial charge is 0.497 e. The monoisotopic (exact) mass is 302 g/mol. The summed E-state index contributed by atoms with van der Waals surface area (Å²) in [4.78, 5) is 4.37. The number of pyridine rings is 1. The lowest BCUT2D eigenvalue weighted by atomic mass is 10.3. The van der Waals surface area contributed by atoms with E-state index in [0.29, 0.717) is 0 Å². The van der Waals surface area contributed by atoms with Gasteiger partial charge in [-0.2, -0.15) is 0 Å². The molecular weight excluding hydrogens is 292 g/mol. The summed E-state index contributed by atoms with van der Waals surface area (Å²) in [6, 6.07) is 11.9. The number of aromatic nitrogens is 2. The van der Waals surface area contributed by atoms with Crippen LogP contribution in [0.15, 0.2) is 53.3 Å². The first-order valence-electron chi connectivity index (χ1n) is 5.55. The summed E-state index contributed by atoms with van der Waals surface area (Å²) in [6.45, 7) is 0. The molecule has 0 N–H and O–H groups in total. The Hall–Kier alpha value is -1.81. The fourth-order valence-electron chi connectivity index (χ4n) is 1.98. The molecule has 2 aromatic heterocycles. The van der Waals surface area contributed by atoms with Crippen molar-refractivity contribution in [2.75, 3.05) is 7.11 Å². The minimum absolute atomic E-state index is 0.854. The second-order valence-electron chi connectivity index (χ2n) is 3.92. The van der Waals surface area contributed by atoms with Gasteiger partial charge in [-0.25, -0.2) is 0 Å². The van der Waals surface area contributed by atoms with E-state index in [2.05, 4.69) is 31.5 Å². The molecule has 1 aromatic carbocycles. The van der Waals surface area contributed by atoms with E-state index in [-0.39, 0.29) is 0 Å². The number of rotatable bonds is 2. The van der Waals surface area contributed by atoms with E-state index in [0.717, 1.165) is 26.9 Å². The van der Waals surface area contributed by atoms with Gasteiger partial charge in [-0.3, -0.25) is 4.98 Å². The van der Waals surface area contributed by atoms with E-state index >= 15 is 0 Å². The summed E-state index contributed by atoms with van der Waals surface area (Å²) >= 11 is 3.54. The predicted molar refractivity (Wildman–Crippen MR) is 75.3 cm³/mol. The summed E-state index contributed by atoms with van der Waals surface area (Å²) in [5, 5.41) is 0. The van der Waals surface area contributed by atoms with Gasteiger partial charge in [0.25, 0.3) is 0 Å². The molecule has 90 valence electrons. The van der Waals surface area contributed by atoms with Gasteiger partial charge >= 0.3 is 0 Å². The summed E-state index contributed by atoms with van der Waals surface area (Å²) in [7, 11) is 1.67. The van der Waals surface area contributed by atoms with Gasteiger partial charge in [0.05, 0.1) is 17.1 Å². The molecule has 0 aliphatic heterocycles. The van der Waals surface area contributed by atoms with Crippen molar-refractivity contribution in [3.63, 3.8) is 0 Å². The molecule has 3 rings (SSSR count). The van der Waals surface area contributed by atoms with Crippen molar-refractivity contribution in [3.8, 4) is 11.4 Å². The third kappa shape index (κ3) is 1.78. The minimum Gasteiger partial charge on any atom is -0.497 e. The van der Waals surface area contributed by atoms with E-state index < -0.39 is 0 Å². The fourth-order valence-corrected chi connectivity index (χ4v) is 2.49. The molecule has 4 heteroatoms. The second kappa shape index (κ2) is 4.46. The Kier molecular flexibility index (Phi) is 2.80. The molecule has 3 nitrogen and oxygen atoms in total. The molecule has 0 unspecified atom stereocenters. The molecule has 0 radical (unpaired) electrons. The van der Waals surface area contributed by atoms with Crippen LogP contribution in [0.4, 0.5) is 0 Å². The van der Waals surface area contributed by atoms with Gasteiger partial charge in [-0.05, 0) is 52.3 Å². The van der Waals surface area contributed by atoms with E-state index in [1.165, 1.54) is 0 Å². The highest BCUT2D eigenvalue weighted by Gasteiger charge is 2.08. The van der Waals surface area contributed by atoms with E-state index in [1.807, 2.05) is 36.5 Å². The number of methoxy groups -OCH3 is 1. The highest BCUT2D eigenvalue weighted by molar-refractivity contribution is 9.10. The average molecular weight is 303 g/mol. The van der Waals surface area contributed by atoms with Crippen LogP contribution in [0.2, 0.25) is 0 Å². The Morgan fingerprint density at radius 2 is 1.94 bits per heavy atom. The summed E-state index contributed by atoms with van der Waals surface area (Å²) in [5.41, 5.74) is 3.13. The Balaban J connectivity index is 2.18. The molecule has 0 saturated heterocycles. The van der Waals surface area contributed by atoms with Crippen molar-refractivity contribution < 1.29 is 4.74 Å². The van der Waals surface area contributed by atoms with Gasteiger partial charge < -0.3 is 9.30 Å². The van der Waals surface area contributed by atoms with Gasteiger partial charge in [-0.1, -0.05) is 0 Å². The molecular formula is C14H11BrN2O. The molecule has 0 aliphatic rings. The zero-order chi connectivity index (χ0) is 12.5. The van der Waals surface area contributed by atoms with E-state index in [4.69, 9.17) is 4.74 Å². The fraction of sp³-hybridized carbons (Fsp3) is 0.0714. The molecule has 0 bridgehead atoms. The summed E-state index contributed by atoms with van der Waals surface area (Å²) in [6.07, 6.45) is 3.82. The lowest BCUT2D eigenvalue weighted by Crippen LogP contribution is -1.92. The summed E-state index contributed by atoms with van der Waals surface area (Å²) < 4.78 is 8.26. The minimum atomic E-state index is 0.854. The Labute approximate surface area is 113 Å². The second-order valence-corrected chi connectivity index (χ2v) is 4.77. The molecule has 18 heavy (non-hydrogen) atoms. The maximum absolute atomic E-state index is 5.17. The predicted octanol–water partition coefficient (Wildman–Crippen LogP) is 3.80. The average Bonchev–Trinajstić information content (AvgIpc) is 2.77. The number of benzene rings is 1. The van der Waals surface area contributed by atoms with Crippen molar-refractivity contribution in [1.29, 1.82) is 0 Å². The van der Waals surface area contributed by atoms with Crippen molar-refractivity contribution in [1.82, 2.24) is 9.55 Å². The third-order valence-corrected chi connectivity index (χ3v) is 3.45. The normalized spacial score (nSPS) is 10.8. The smallest absolute Gasteiger partial charge is 0.119 e.